The van der Waals surface area contributed by atoms with Crippen molar-refractivity contribution in [3.05, 3.63) is 23.8 Å². The number of carboxylic acid groups (broad SMARTS) is 1. The van der Waals surface area contributed by atoms with Crippen LogP contribution in [0, 0.1) is 5.92 Å². The van der Waals surface area contributed by atoms with Gasteiger partial charge in [0.15, 0.2) is 0 Å². The third-order valence-electron chi connectivity index (χ3n) is 2.70. The van der Waals surface area contributed by atoms with E-state index >= 15 is 0 Å². The topological polar surface area (TPSA) is 84.6 Å². The lowest BCUT2D eigenvalue weighted by Crippen LogP contribution is -2.12. The van der Waals surface area contributed by atoms with Crippen molar-refractivity contribution in [2.75, 3.05) is 30.8 Å². The van der Waals surface area contributed by atoms with Crippen molar-refractivity contribution in [2.45, 2.75) is 20.3 Å². The van der Waals surface area contributed by atoms with Gasteiger partial charge in [-0.2, -0.15) is 0 Å². The minimum atomic E-state index is -0.962. The fourth-order valence-electron chi connectivity index (χ4n) is 1.52. The number of hydrogen-bond acceptors (Lipinski definition) is 4. The fraction of sp³-hybridized carbons (Fsp3) is 0.500. The molecule has 4 N–H and O–H groups in total. The van der Waals surface area contributed by atoms with E-state index in [0.29, 0.717) is 30.4 Å². The van der Waals surface area contributed by atoms with Gasteiger partial charge in [-0.25, -0.2) is 4.79 Å². The molecule has 0 aromatic heterocycles. The normalized spacial score (nSPS) is 10.7. The van der Waals surface area contributed by atoms with E-state index in [1.165, 1.54) is 12.1 Å². The fourth-order valence-corrected chi connectivity index (χ4v) is 1.52. The summed E-state index contributed by atoms with van der Waals surface area (Å²) < 4.78 is 5.46. The van der Waals surface area contributed by atoms with Gasteiger partial charge in [-0.1, -0.05) is 13.8 Å². The lowest BCUT2D eigenvalue weighted by Gasteiger charge is -2.11. The van der Waals surface area contributed by atoms with Crippen LogP contribution in [-0.2, 0) is 4.74 Å². The van der Waals surface area contributed by atoms with Gasteiger partial charge in [0, 0.05) is 13.2 Å². The van der Waals surface area contributed by atoms with E-state index in [9.17, 15) is 4.79 Å². The molecule has 0 aliphatic rings. The van der Waals surface area contributed by atoms with Crippen LogP contribution in [0.15, 0.2) is 18.2 Å². The number of nitrogens with one attached hydrogen (secondary N) is 1. The minimum absolute atomic E-state index is 0.220. The van der Waals surface area contributed by atoms with Crippen LogP contribution in [0.25, 0.3) is 0 Å². The molecule has 106 valence electrons. The molecule has 0 unspecified atom stereocenters. The first-order valence-corrected chi connectivity index (χ1v) is 6.45. The van der Waals surface area contributed by atoms with Gasteiger partial charge in [-0.3, -0.25) is 0 Å². The Labute approximate surface area is 113 Å². The Bertz CT molecular complexity index is 419. The SMILES string of the molecule is CC(C)CCOCCNc1cc(C(=O)O)ccc1N. The highest BCUT2D eigenvalue weighted by Gasteiger charge is 2.06. The van der Waals surface area contributed by atoms with Crippen LogP contribution >= 0.6 is 0 Å². The summed E-state index contributed by atoms with van der Waals surface area (Å²) >= 11 is 0. The molecule has 0 heterocycles. The average molecular weight is 266 g/mol. The monoisotopic (exact) mass is 266 g/mol. The zero-order valence-corrected chi connectivity index (χ0v) is 11.5. The number of carboxylic acids is 1. The van der Waals surface area contributed by atoms with Gasteiger partial charge < -0.3 is 20.9 Å². The van der Waals surface area contributed by atoms with Gasteiger partial charge in [0.25, 0.3) is 0 Å². The highest BCUT2D eigenvalue weighted by molar-refractivity contribution is 5.90. The summed E-state index contributed by atoms with van der Waals surface area (Å²) in [7, 11) is 0. The summed E-state index contributed by atoms with van der Waals surface area (Å²) in [4.78, 5) is 10.9. The van der Waals surface area contributed by atoms with E-state index in [0.717, 1.165) is 13.0 Å². The van der Waals surface area contributed by atoms with Crippen molar-refractivity contribution in [3.63, 3.8) is 0 Å². The Morgan fingerprint density at radius 1 is 1.42 bits per heavy atom. The first-order valence-electron chi connectivity index (χ1n) is 6.45. The molecule has 0 saturated heterocycles. The molecule has 1 aromatic rings. The van der Waals surface area contributed by atoms with Crippen LogP contribution in [0.3, 0.4) is 0 Å². The quantitative estimate of drug-likeness (QED) is 0.497. The molecule has 19 heavy (non-hydrogen) atoms. The summed E-state index contributed by atoms with van der Waals surface area (Å²) in [5.74, 6) is -0.327. The average Bonchev–Trinajstić information content (AvgIpc) is 2.34. The zero-order valence-electron chi connectivity index (χ0n) is 11.5. The molecule has 0 aliphatic carbocycles. The molecule has 0 spiro atoms. The molecule has 0 amide bonds. The smallest absolute Gasteiger partial charge is 0.335 e. The molecule has 0 aliphatic heterocycles. The maximum atomic E-state index is 10.9. The number of anilines is 2. The van der Waals surface area contributed by atoms with Crippen LogP contribution in [0.4, 0.5) is 11.4 Å². The Hall–Kier alpha value is -1.75. The number of nitrogen functional groups attached to an aromatic ring is 1. The highest BCUT2D eigenvalue weighted by atomic mass is 16.5. The predicted molar refractivity (Wildman–Crippen MR) is 76.6 cm³/mol. The Kier molecular flexibility index (Phi) is 6.15. The maximum Gasteiger partial charge on any atom is 0.335 e. The third kappa shape index (κ3) is 5.61. The standard InChI is InChI=1S/C14H22N2O3/c1-10(2)5-7-19-8-6-16-13-9-11(14(17)18)3-4-12(13)15/h3-4,9-10,16H,5-8,15H2,1-2H3,(H,17,18). The van der Waals surface area contributed by atoms with Crippen molar-refractivity contribution in [3.8, 4) is 0 Å². The summed E-state index contributed by atoms with van der Waals surface area (Å²) in [6.45, 7) is 6.22. The molecule has 0 atom stereocenters. The van der Waals surface area contributed by atoms with Crippen LogP contribution < -0.4 is 11.1 Å². The van der Waals surface area contributed by atoms with Gasteiger partial charge >= 0.3 is 5.97 Å². The Morgan fingerprint density at radius 2 is 2.16 bits per heavy atom. The molecule has 5 heteroatoms. The summed E-state index contributed by atoms with van der Waals surface area (Å²) in [6, 6.07) is 4.61. The second-order valence-corrected chi connectivity index (χ2v) is 4.83. The number of nitrogens with two attached hydrogens (primary N) is 1. The van der Waals surface area contributed by atoms with E-state index in [4.69, 9.17) is 15.6 Å². The van der Waals surface area contributed by atoms with E-state index in [2.05, 4.69) is 19.2 Å². The third-order valence-corrected chi connectivity index (χ3v) is 2.70. The number of carbonyl (C=O) groups is 1. The van der Waals surface area contributed by atoms with Gasteiger partial charge in [-0.05, 0) is 30.5 Å². The molecule has 5 nitrogen and oxygen atoms in total. The summed E-state index contributed by atoms with van der Waals surface area (Å²) in [5, 5.41) is 12.0. The number of benzene rings is 1. The molecular weight excluding hydrogens is 244 g/mol. The number of aromatic carboxylic acids is 1. The van der Waals surface area contributed by atoms with Gasteiger partial charge in [0.1, 0.15) is 0 Å². The summed E-state index contributed by atoms with van der Waals surface area (Å²) in [5.41, 5.74) is 7.16. The Morgan fingerprint density at radius 3 is 2.79 bits per heavy atom. The van der Waals surface area contributed by atoms with Crippen molar-refractivity contribution in [1.82, 2.24) is 0 Å². The van der Waals surface area contributed by atoms with E-state index in [1.807, 2.05) is 0 Å². The molecule has 0 saturated carbocycles. The van der Waals surface area contributed by atoms with Gasteiger partial charge in [0.05, 0.1) is 23.5 Å². The largest absolute Gasteiger partial charge is 0.478 e. The first-order chi connectivity index (χ1) is 9.00. The van der Waals surface area contributed by atoms with Crippen molar-refractivity contribution in [1.29, 1.82) is 0 Å². The molecule has 1 rings (SSSR count). The first kappa shape index (κ1) is 15.3. The van der Waals surface area contributed by atoms with E-state index < -0.39 is 5.97 Å². The van der Waals surface area contributed by atoms with Crippen LogP contribution in [-0.4, -0.2) is 30.8 Å². The second-order valence-electron chi connectivity index (χ2n) is 4.83. The van der Waals surface area contributed by atoms with E-state index in [1.54, 1.807) is 6.07 Å². The zero-order chi connectivity index (χ0) is 14.3. The highest BCUT2D eigenvalue weighted by Crippen LogP contribution is 2.19. The molecular formula is C14H22N2O3. The lowest BCUT2D eigenvalue weighted by molar-refractivity contribution is 0.0697. The second kappa shape index (κ2) is 7.63. The number of hydrogen-bond donors (Lipinski definition) is 3. The van der Waals surface area contributed by atoms with E-state index in [-0.39, 0.29) is 5.56 Å². The maximum absolute atomic E-state index is 10.9. The number of ether oxygens (including phenoxy) is 1. The summed E-state index contributed by atoms with van der Waals surface area (Å²) in [6.07, 6.45) is 1.04. The van der Waals surface area contributed by atoms with Gasteiger partial charge in [-0.15, -0.1) is 0 Å². The van der Waals surface area contributed by atoms with Crippen molar-refractivity contribution < 1.29 is 14.6 Å². The van der Waals surface area contributed by atoms with Crippen molar-refractivity contribution in [2.24, 2.45) is 5.92 Å². The molecule has 0 bridgehead atoms. The molecule has 1 aromatic carbocycles. The Balaban J connectivity index is 2.36. The molecule has 0 fully saturated rings. The lowest BCUT2D eigenvalue weighted by atomic mass is 10.1. The van der Waals surface area contributed by atoms with Crippen LogP contribution in [0.2, 0.25) is 0 Å². The predicted octanol–water partition coefficient (Wildman–Crippen LogP) is 2.44. The van der Waals surface area contributed by atoms with Crippen LogP contribution in [0.5, 0.6) is 0 Å². The molecule has 0 radical (unpaired) electrons. The van der Waals surface area contributed by atoms with Gasteiger partial charge in [0.2, 0.25) is 0 Å². The van der Waals surface area contributed by atoms with Crippen LogP contribution in [0.1, 0.15) is 30.6 Å². The number of rotatable bonds is 8. The minimum Gasteiger partial charge on any atom is -0.478 e. The van der Waals surface area contributed by atoms with Crippen molar-refractivity contribution >= 4 is 17.3 Å².